The first-order chi connectivity index (χ1) is 13.6. The minimum Gasteiger partial charge on any atom is -0.444 e. The fourth-order valence-corrected chi connectivity index (χ4v) is 2.92. The maximum atomic E-state index is 11.6. The molecular weight excluding hydrogens is 463 g/mol. The van der Waals surface area contributed by atoms with E-state index in [1.807, 2.05) is 41.5 Å². The van der Waals surface area contributed by atoms with Crippen LogP contribution in [0.15, 0.2) is 0 Å². The van der Waals surface area contributed by atoms with Gasteiger partial charge in [-0.05, 0) is 54.4 Å². The van der Waals surface area contributed by atoms with Crippen molar-refractivity contribution in [1.29, 1.82) is 0 Å². The Morgan fingerprint density at radius 3 is 1.25 bits per heavy atom. The molecular formula is C20H42Cl2N4O6. The zero-order valence-corrected chi connectivity index (χ0v) is 21.6. The van der Waals surface area contributed by atoms with Crippen molar-refractivity contribution >= 4 is 37.0 Å². The van der Waals surface area contributed by atoms with Gasteiger partial charge >= 0.3 is 12.2 Å². The van der Waals surface area contributed by atoms with Crippen molar-refractivity contribution in [3.05, 3.63) is 0 Å². The molecule has 0 aromatic heterocycles. The molecule has 0 spiro atoms. The number of halogens is 2. The van der Waals surface area contributed by atoms with Gasteiger partial charge in [-0.15, -0.1) is 24.8 Å². The average Bonchev–Trinajstić information content (AvgIpc) is 2.57. The van der Waals surface area contributed by atoms with Crippen LogP contribution in [-0.2, 0) is 9.47 Å². The first-order valence-corrected chi connectivity index (χ1v) is 10.4. The maximum absolute atomic E-state index is 11.6. The predicted molar refractivity (Wildman–Crippen MR) is 127 cm³/mol. The Bertz CT molecular complexity index is 535. The number of ether oxygens (including phenoxy) is 2. The maximum Gasteiger partial charge on any atom is 0.410 e. The normalized spacial score (nSPS) is 25.9. The molecule has 4 atom stereocenters. The highest BCUT2D eigenvalue weighted by atomic mass is 35.5. The van der Waals surface area contributed by atoms with Crippen LogP contribution < -0.4 is 11.5 Å². The zero-order chi connectivity index (χ0) is 23.3. The lowest BCUT2D eigenvalue weighted by Crippen LogP contribution is -2.53. The zero-order valence-electron chi connectivity index (χ0n) is 19.9. The van der Waals surface area contributed by atoms with Gasteiger partial charge in [0.05, 0.1) is 12.2 Å². The minimum atomic E-state index is -0.510. The third-order valence-corrected chi connectivity index (χ3v) is 4.54. The number of nitrogens with zero attached hydrogens (tertiary/aromatic N) is 2. The van der Waals surface area contributed by atoms with Gasteiger partial charge in [0.1, 0.15) is 11.2 Å². The van der Waals surface area contributed by atoms with Gasteiger partial charge in [0, 0.05) is 38.3 Å². The van der Waals surface area contributed by atoms with Crippen molar-refractivity contribution in [1.82, 2.24) is 9.80 Å². The lowest BCUT2D eigenvalue weighted by Gasteiger charge is -2.35. The van der Waals surface area contributed by atoms with Crippen molar-refractivity contribution < 1.29 is 29.3 Å². The molecule has 12 heteroatoms. The van der Waals surface area contributed by atoms with Gasteiger partial charge < -0.3 is 41.0 Å². The van der Waals surface area contributed by atoms with Gasteiger partial charge in [-0.25, -0.2) is 9.59 Å². The number of aliphatic hydroxyl groups is 2. The lowest BCUT2D eigenvalue weighted by molar-refractivity contribution is 0.00381. The highest BCUT2D eigenvalue weighted by molar-refractivity contribution is 5.85. The van der Waals surface area contributed by atoms with E-state index in [9.17, 15) is 19.8 Å². The van der Waals surface area contributed by atoms with E-state index in [4.69, 9.17) is 20.9 Å². The molecule has 0 aromatic carbocycles. The number of carbonyl (C=O) groups is 2. The summed E-state index contributed by atoms with van der Waals surface area (Å²) in [5, 5.41) is 18.8. The molecule has 2 rings (SSSR count). The Balaban J connectivity index is 0. The van der Waals surface area contributed by atoms with Crippen LogP contribution in [0.5, 0.6) is 0 Å². The number of carbonyl (C=O) groups excluding carboxylic acids is 2. The summed E-state index contributed by atoms with van der Waals surface area (Å²) in [5.41, 5.74) is 10.4. The summed E-state index contributed by atoms with van der Waals surface area (Å²) in [6.07, 6.45) is -0.706. The summed E-state index contributed by atoms with van der Waals surface area (Å²) in [7, 11) is 0. The van der Waals surface area contributed by atoms with E-state index in [2.05, 4.69) is 0 Å². The Labute approximate surface area is 203 Å². The van der Waals surface area contributed by atoms with Crippen molar-refractivity contribution in [3.8, 4) is 0 Å². The fourth-order valence-electron chi connectivity index (χ4n) is 2.92. The Kier molecular flexibility index (Phi) is 14.1. The quantitative estimate of drug-likeness (QED) is 0.386. The molecule has 2 amide bonds. The number of hydrogen-bond donors (Lipinski definition) is 4. The molecule has 0 aromatic rings. The number of aliphatic hydroxyl groups excluding tert-OH is 2. The van der Waals surface area contributed by atoms with Gasteiger partial charge in [0.15, 0.2) is 0 Å². The van der Waals surface area contributed by atoms with E-state index in [1.54, 1.807) is 9.80 Å². The summed E-state index contributed by atoms with van der Waals surface area (Å²) < 4.78 is 10.4. The van der Waals surface area contributed by atoms with E-state index in [1.165, 1.54) is 0 Å². The van der Waals surface area contributed by atoms with Crippen molar-refractivity contribution in [2.75, 3.05) is 26.2 Å². The minimum absolute atomic E-state index is 0. The van der Waals surface area contributed by atoms with Crippen LogP contribution in [-0.4, -0.2) is 93.9 Å². The number of amides is 2. The smallest absolute Gasteiger partial charge is 0.410 e. The van der Waals surface area contributed by atoms with E-state index in [0.29, 0.717) is 39.0 Å². The Morgan fingerprint density at radius 1 is 0.750 bits per heavy atom. The van der Waals surface area contributed by atoms with Gasteiger partial charge in [-0.1, -0.05) is 0 Å². The molecule has 6 N–H and O–H groups in total. The summed E-state index contributed by atoms with van der Waals surface area (Å²) in [6.45, 7) is 12.7. The predicted octanol–water partition coefficient (Wildman–Crippen LogP) is 1.47. The van der Waals surface area contributed by atoms with E-state index >= 15 is 0 Å². The average molecular weight is 505 g/mol. The van der Waals surface area contributed by atoms with E-state index in [-0.39, 0.29) is 49.1 Å². The molecule has 2 fully saturated rings. The number of nitrogens with two attached hydrogens (primary N) is 2. The van der Waals surface area contributed by atoms with Crippen LogP contribution in [0.4, 0.5) is 9.59 Å². The summed E-state index contributed by atoms with van der Waals surface area (Å²) in [6, 6.07) is -0.738. The van der Waals surface area contributed by atoms with E-state index < -0.39 is 23.4 Å². The molecule has 192 valence electrons. The van der Waals surface area contributed by atoms with E-state index in [0.717, 1.165) is 0 Å². The van der Waals surface area contributed by atoms with Crippen molar-refractivity contribution in [2.24, 2.45) is 11.5 Å². The molecule has 10 nitrogen and oxygen atoms in total. The van der Waals surface area contributed by atoms with Gasteiger partial charge in [-0.3, -0.25) is 0 Å². The number of hydrogen-bond acceptors (Lipinski definition) is 8. The second-order valence-electron chi connectivity index (χ2n) is 9.89. The van der Waals surface area contributed by atoms with Crippen molar-refractivity contribution in [3.63, 3.8) is 0 Å². The molecule has 0 unspecified atom stereocenters. The second kappa shape index (κ2) is 13.6. The van der Waals surface area contributed by atoms with Crippen LogP contribution in [0.2, 0.25) is 0 Å². The summed E-state index contributed by atoms with van der Waals surface area (Å²) >= 11 is 0. The van der Waals surface area contributed by atoms with Crippen LogP contribution >= 0.6 is 24.8 Å². The van der Waals surface area contributed by atoms with Crippen LogP contribution in [0.1, 0.15) is 54.4 Å². The molecule has 0 bridgehead atoms. The highest BCUT2D eigenvalue weighted by Crippen LogP contribution is 2.16. The molecule has 0 aliphatic carbocycles. The fraction of sp³-hybridized carbons (Fsp3) is 0.900. The molecule has 32 heavy (non-hydrogen) atoms. The summed E-state index contributed by atoms with van der Waals surface area (Å²) in [4.78, 5) is 26.4. The Morgan fingerprint density at radius 2 is 1.03 bits per heavy atom. The number of likely N-dealkylation sites (tertiary alicyclic amines) is 2. The molecule has 0 saturated carbocycles. The van der Waals surface area contributed by atoms with Gasteiger partial charge in [-0.2, -0.15) is 0 Å². The summed E-state index contributed by atoms with van der Waals surface area (Å²) in [5.74, 6) is 0. The SMILES string of the molecule is CC(C)(C)OC(=O)N1CC[C@@H](O)[C@H](N)C1.CC(C)(C)OC(=O)N1CC[C@H](O)[C@@H](N)C1.Cl.Cl. The van der Waals surface area contributed by atoms with Crippen LogP contribution in [0.3, 0.4) is 0 Å². The van der Waals surface area contributed by atoms with Gasteiger partial charge in [0.25, 0.3) is 0 Å². The number of rotatable bonds is 0. The van der Waals surface area contributed by atoms with Crippen LogP contribution in [0, 0.1) is 0 Å². The second-order valence-corrected chi connectivity index (χ2v) is 9.89. The first-order valence-electron chi connectivity index (χ1n) is 10.4. The largest absolute Gasteiger partial charge is 0.444 e. The monoisotopic (exact) mass is 504 g/mol. The highest BCUT2D eigenvalue weighted by Gasteiger charge is 2.31. The first kappa shape index (κ1) is 33.1. The topological polar surface area (TPSA) is 152 Å². The molecule has 2 aliphatic rings. The Hall–Kier alpha value is -1.04. The lowest BCUT2D eigenvalue weighted by atomic mass is 10.0. The molecule has 2 heterocycles. The van der Waals surface area contributed by atoms with Gasteiger partial charge in [0.2, 0.25) is 0 Å². The van der Waals surface area contributed by atoms with Crippen LogP contribution in [0.25, 0.3) is 0 Å². The number of piperidine rings is 2. The standard InChI is InChI=1S/2C10H20N2O3.2ClH/c2*1-10(2,3)15-9(14)12-5-4-8(13)7(11)6-12;;/h2*7-8,13H,4-6,11H2,1-3H3;2*1H/t2*7-,8-;;/m10../s1. The third kappa shape index (κ3) is 12.3. The molecule has 0 radical (unpaired) electrons. The molecule has 2 aliphatic heterocycles. The van der Waals surface area contributed by atoms with Crippen molar-refractivity contribution in [2.45, 2.75) is 89.9 Å². The third-order valence-electron chi connectivity index (χ3n) is 4.54. The molecule has 2 saturated heterocycles.